The molecule has 2 saturated heterocycles. The third-order valence-electron chi connectivity index (χ3n) is 8.68. The SMILES string of the molecule is N#Cc1cccc(-c2c(COCCN3CCC4(CC3)CN(C(=O)c3ccco3)C(=O)O4)ccc(C(F)(F)F)c2-c2cccc(C#N)c2)c1. The zero-order valence-electron chi connectivity index (χ0n) is 25.6. The van der Waals surface area contributed by atoms with Crippen LogP contribution in [0.3, 0.4) is 0 Å². The molecule has 12 heteroatoms. The monoisotopic (exact) mass is 654 g/mol. The van der Waals surface area contributed by atoms with Gasteiger partial charge in [-0.3, -0.25) is 4.79 Å². The Labute approximate surface area is 274 Å². The maximum Gasteiger partial charge on any atom is 0.417 e. The van der Waals surface area contributed by atoms with Crippen LogP contribution < -0.4 is 0 Å². The number of alkyl halides is 3. The Bertz CT molecular complexity index is 1920. The Morgan fingerprint density at radius 3 is 2.19 bits per heavy atom. The van der Waals surface area contributed by atoms with Crippen molar-refractivity contribution >= 4 is 12.0 Å². The normalized spacial score (nSPS) is 16.0. The molecule has 2 aliphatic heterocycles. The maximum atomic E-state index is 14.5. The third kappa shape index (κ3) is 6.67. The number of carbonyl (C=O) groups is 2. The second-order valence-corrected chi connectivity index (χ2v) is 11.7. The van der Waals surface area contributed by atoms with Gasteiger partial charge in [-0.2, -0.15) is 23.7 Å². The zero-order valence-corrected chi connectivity index (χ0v) is 25.6. The van der Waals surface area contributed by atoms with Crippen molar-refractivity contribution in [3.05, 3.63) is 107 Å². The second kappa shape index (κ2) is 13.4. The first kappa shape index (κ1) is 32.5. The molecule has 3 heterocycles. The van der Waals surface area contributed by atoms with Crippen LogP contribution in [0.25, 0.3) is 22.3 Å². The van der Waals surface area contributed by atoms with Crippen LogP contribution >= 0.6 is 0 Å². The van der Waals surface area contributed by atoms with Gasteiger partial charge in [-0.25, -0.2) is 9.69 Å². The van der Waals surface area contributed by atoms with Gasteiger partial charge in [0.05, 0.1) is 54.9 Å². The van der Waals surface area contributed by atoms with Crippen molar-refractivity contribution < 1.29 is 36.7 Å². The minimum Gasteiger partial charge on any atom is -0.459 e. The van der Waals surface area contributed by atoms with E-state index in [2.05, 4.69) is 4.90 Å². The van der Waals surface area contributed by atoms with Crippen LogP contribution in [0, 0.1) is 22.7 Å². The second-order valence-electron chi connectivity index (χ2n) is 11.7. The van der Waals surface area contributed by atoms with Crippen LogP contribution in [-0.2, 0) is 22.3 Å². The van der Waals surface area contributed by atoms with Gasteiger partial charge in [0.15, 0.2) is 5.76 Å². The number of likely N-dealkylation sites (tertiary alicyclic amines) is 1. The molecule has 0 aliphatic carbocycles. The summed E-state index contributed by atoms with van der Waals surface area (Å²) in [6.45, 7) is 2.11. The van der Waals surface area contributed by atoms with Crippen molar-refractivity contribution in [1.82, 2.24) is 9.80 Å². The smallest absolute Gasteiger partial charge is 0.417 e. The highest BCUT2D eigenvalue weighted by Crippen LogP contribution is 2.45. The van der Waals surface area contributed by atoms with E-state index >= 15 is 0 Å². The largest absolute Gasteiger partial charge is 0.459 e. The lowest BCUT2D eigenvalue weighted by Crippen LogP contribution is -2.48. The predicted molar refractivity (Wildman–Crippen MR) is 166 cm³/mol. The molecule has 2 aliphatic rings. The van der Waals surface area contributed by atoms with Gasteiger partial charge < -0.3 is 18.8 Å². The van der Waals surface area contributed by atoms with E-state index in [1.54, 1.807) is 30.3 Å². The molecule has 0 atom stereocenters. The summed E-state index contributed by atoms with van der Waals surface area (Å²) in [5.41, 5.74) is 0.178. The first-order valence-corrected chi connectivity index (χ1v) is 15.2. The van der Waals surface area contributed by atoms with Crippen molar-refractivity contribution in [3.8, 4) is 34.4 Å². The van der Waals surface area contributed by atoms with Crippen LogP contribution in [0.5, 0.6) is 0 Å². The first-order valence-electron chi connectivity index (χ1n) is 15.2. The number of rotatable bonds is 8. The molecule has 0 saturated carbocycles. The number of hydrogen-bond donors (Lipinski definition) is 0. The molecule has 3 aromatic carbocycles. The molecule has 0 radical (unpaired) electrons. The number of amides is 2. The van der Waals surface area contributed by atoms with E-state index in [1.807, 2.05) is 12.1 Å². The topological polar surface area (TPSA) is 120 Å². The molecular weight excluding hydrogens is 625 g/mol. The van der Waals surface area contributed by atoms with Gasteiger partial charge in [0.2, 0.25) is 0 Å². The minimum absolute atomic E-state index is 0.00552. The van der Waals surface area contributed by atoms with Crippen molar-refractivity contribution in [1.29, 1.82) is 10.5 Å². The molecule has 0 bridgehead atoms. The van der Waals surface area contributed by atoms with E-state index in [-0.39, 0.29) is 53.3 Å². The van der Waals surface area contributed by atoms with Gasteiger partial charge in [0, 0.05) is 38.0 Å². The average Bonchev–Trinajstić information content (AvgIpc) is 3.75. The summed E-state index contributed by atoms with van der Waals surface area (Å²) >= 11 is 0. The fourth-order valence-electron chi connectivity index (χ4n) is 6.25. The van der Waals surface area contributed by atoms with E-state index in [0.29, 0.717) is 43.6 Å². The number of nitrogens with zero attached hydrogens (tertiary/aromatic N) is 4. The Morgan fingerprint density at radius 2 is 1.58 bits per heavy atom. The summed E-state index contributed by atoms with van der Waals surface area (Å²) in [6, 6.07) is 21.9. The highest BCUT2D eigenvalue weighted by molar-refractivity contribution is 6.02. The maximum absolute atomic E-state index is 14.5. The zero-order chi connectivity index (χ0) is 33.9. The fourth-order valence-corrected chi connectivity index (χ4v) is 6.25. The number of carbonyl (C=O) groups excluding carboxylic acids is 2. The number of imide groups is 1. The lowest BCUT2D eigenvalue weighted by atomic mass is 9.86. The number of piperidine rings is 1. The quantitative estimate of drug-likeness (QED) is 0.186. The van der Waals surface area contributed by atoms with Gasteiger partial charge in [-0.05, 0) is 64.7 Å². The summed E-state index contributed by atoms with van der Waals surface area (Å²) in [6.07, 6.45) is -2.99. The van der Waals surface area contributed by atoms with Crippen LogP contribution in [0.15, 0.2) is 83.5 Å². The molecule has 4 aromatic rings. The Morgan fingerprint density at radius 1 is 0.917 bits per heavy atom. The molecule has 2 fully saturated rings. The lowest BCUT2D eigenvalue weighted by Gasteiger charge is -2.37. The van der Waals surface area contributed by atoms with Crippen LogP contribution in [0.4, 0.5) is 18.0 Å². The highest BCUT2D eigenvalue weighted by Gasteiger charge is 2.49. The van der Waals surface area contributed by atoms with E-state index in [4.69, 9.17) is 13.9 Å². The molecular formula is C36H29F3N4O5. The molecule has 2 amide bonds. The van der Waals surface area contributed by atoms with Gasteiger partial charge in [-0.1, -0.05) is 30.3 Å². The molecule has 48 heavy (non-hydrogen) atoms. The van der Waals surface area contributed by atoms with Crippen molar-refractivity contribution in [2.24, 2.45) is 0 Å². The number of hydrogen-bond acceptors (Lipinski definition) is 8. The van der Waals surface area contributed by atoms with Crippen molar-refractivity contribution in [2.75, 3.05) is 32.8 Å². The van der Waals surface area contributed by atoms with Gasteiger partial charge >= 0.3 is 12.3 Å². The lowest BCUT2D eigenvalue weighted by molar-refractivity contribution is -0.137. The summed E-state index contributed by atoms with van der Waals surface area (Å²) in [7, 11) is 0. The van der Waals surface area contributed by atoms with E-state index in [9.17, 15) is 33.3 Å². The van der Waals surface area contributed by atoms with Crippen LogP contribution in [-0.4, -0.2) is 60.2 Å². The predicted octanol–water partition coefficient (Wildman–Crippen LogP) is 7.02. The van der Waals surface area contributed by atoms with E-state index in [1.165, 1.54) is 42.7 Å². The Balaban J connectivity index is 1.17. The summed E-state index contributed by atoms with van der Waals surface area (Å²) < 4.78 is 60.2. The van der Waals surface area contributed by atoms with Crippen molar-refractivity contribution in [2.45, 2.75) is 31.2 Å². The van der Waals surface area contributed by atoms with Gasteiger partial charge in [0.1, 0.15) is 5.60 Å². The molecule has 244 valence electrons. The standard InChI is InChI=1S/C36H29F3N4O5/c37-36(38,39)29-10-9-28(31(26-6-1-4-24(18-26)20-40)32(29)27-7-2-5-25(19-27)21-41)22-46-17-15-42-13-11-35(12-14-42)23-43(34(45)48-35)33(44)30-8-3-16-47-30/h1-10,16,18-19H,11-15,17,22-23H2. The molecule has 0 N–H and O–H groups in total. The first-order chi connectivity index (χ1) is 23.1. The minimum atomic E-state index is -4.69. The van der Waals surface area contributed by atoms with Crippen LogP contribution in [0.1, 0.15) is 45.7 Å². The number of ether oxygens (including phenoxy) is 2. The molecule has 6 rings (SSSR count). The Kier molecular flexibility index (Phi) is 9.05. The summed E-state index contributed by atoms with van der Waals surface area (Å²) in [5, 5.41) is 19.0. The third-order valence-corrected chi connectivity index (χ3v) is 8.68. The van der Waals surface area contributed by atoms with Crippen LogP contribution in [0.2, 0.25) is 0 Å². The summed E-state index contributed by atoms with van der Waals surface area (Å²) in [4.78, 5) is 28.4. The van der Waals surface area contributed by atoms with E-state index in [0.717, 1.165) is 11.0 Å². The molecule has 9 nitrogen and oxygen atoms in total. The number of nitriles is 2. The van der Waals surface area contributed by atoms with E-state index < -0.39 is 29.3 Å². The molecule has 1 aromatic heterocycles. The van der Waals surface area contributed by atoms with Crippen molar-refractivity contribution in [3.63, 3.8) is 0 Å². The number of halogens is 3. The fraction of sp³-hybridized carbons (Fsp3) is 0.278. The summed E-state index contributed by atoms with van der Waals surface area (Å²) in [5.74, 6) is -0.476. The Hall–Kier alpha value is -5.43. The molecule has 0 unspecified atom stereocenters. The van der Waals surface area contributed by atoms with Gasteiger partial charge in [-0.15, -0.1) is 0 Å². The molecule has 1 spiro atoms. The highest BCUT2D eigenvalue weighted by atomic mass is 19.4. The number of furan rings is 1. The van der Waals surface area contributed by atoms with Gasteiger partial charge in [0.25, 0.3) is 5.91 Å². The average molecular weight is 655 g/mol. The number of benzene rings is 3.